The molecule has 9 rings (SSSR count). The van der Waals surface area contributed by atoms with Gasteiger partial charge in [-0.15, -0.1) is 0 Å². The van der Waals surface area contributed by atoms with E-state index in [4.69, 9.17) is 0 Å². The Morgan fingerprint density at radius 2 is 0.840 bits per heavy atom. The molecular formula is C49H37N. The monoisotopic (exact) mass is 639 g/mol. The maximum absolute atomic E-state index is 2.41. The van der Waals surface area contributed by atoms with Gasteiger partial charge >= 0.3 is 0 Å². The summed E-state index contributed by atoms with van der Waals surface area (Å²) < 4.78 is 0. The van der Waals surface area contributed by atoms with E-state index in [1.807, 2.05) is 0 Å². The van der Waals surface area contributed by atoms with E-state index in [1.165, 1.54) is 66.4 Å². The summed E-state index contributed by atoms with van der Waals surface area (Å²) in [6.07, 6.45) is 0. The number of fused-ring (bicyclic) bond motifs is 4. The molecule has 0 heterocycles. The fourth-order valence-electron chi connectivity index (χ4n) is 7.86. The lowest BCUT2D eigenvalue weighted by atomic mass is 9.82. The molecule has 0 fully saturated rings. The van der Waals surface area contributed by atoms with Gasteiger partial charge in [0.05, 0.1) is 0 Å². The minimum Gasteiger partial charge on any atom is -0.310 e. The lowest BCUT2D eigenvalue weighted by molar-refractivity contribution is 0.661. The lowest BCUT2D eigenvalue weighted by Gasteiger charge is -2.28. The zero-order chi connectivity index (χ0) is 33.7. The van der Waals surface area contributed by atoms with Crippen LogP contribution in [0.25, 0.3) is 55.3 Å². The first-order valence-electron chi connectivity index (χ1n) is 17.4. The molecule has 0 amide bonds. The molecule has 0 aliphatic heterocycles. The van der Waals surface area contributed by atoms with Crippen LogP contribution in [0.5, 0.6) is 0 Å². The highest BCUT2D eigenvalue weighted by atomic mass is 15.1. The van der Waals surface area contributed by atoms with Crippen LogP contribution in [0.3, 0.4) is 0 Å². The average molecular weight is 640 g/mol. The predicted molar refractivity (Wildman–Crippen MR) is 213 cm³/mol. The molecule has 1 nitrogen and oxygen atoms in total. The van der Waals surface area contributed by atoms with E-state index in [2.05, 4.69) is 207 Å². The Labute approximate surface area is 294 Å². The molecule has 0 N–H and O–H groups in total. The summed E-state index contributed by atoms with van der Waals surface area (Å²) in [5, 5.41) is 2.57. The third-order valence-electron chi connectivity index (χ3n) is 10.4. The Kier molecular flexibility index (Phi) is 7.21. The van der Waals surface area contributed by atoms with Gasteiger partial charge in [0, 0.05) is 22.5 Å². The van der Waals surface area contributed by atoms with Gasteiger partial charge in [0.1, 0.15) is 0 Å². The van der Waals surface area contributed by atoms with Crippen molar-refractivity contribution >= 4 is 27.8 Å². The highest BCUT2D eigenvalue weighted by molar-refractivity contribution is 5.95. The van der Waals surface area contributed by atoms with Crippen LogP contribution in [0.15, 0.2) is 188 Å². The summed E-state index contributed by atoms with van der Waals surface area (Å²) in [5.41, 5.74) is 16.0. The Hall–Kier alpha value is -6.18. The molecule has 0 unspecified atom stereocenters. The standard InChI is InChI=1S/C49H37N/c1-49(2)47-29-28-42(33-46(47)45-31-38-18-9-10-19-39(38)32-48(45)49)50(41-21-13-20-37(30-41)34-14-5-3-6-15-34)40-26-24-36(25-27-40)44-23-12-11-22-43(44)35-16-7-4-8-17-35/h3-33H,1-2H3. The van der Waals surface area contributed by atoms with Crippen molar-refractivity contribution in [1.29, 1.82) is 0 Å². The van der Waals surface area contributed by atoms with E-state index in [1.54, 1.807) is 0 Å². The van der Waals surface area contributed by atoms with E-state index in [-0.39, 0.29) is 5.41 Å². The second-order valence-corrected chi connectivity index (χ2v) is 13.8. The number of anilines is 3. The van der Waals surface area contributed by atoms with Gasteiger partial charge in [-0.3, -0.25) is 0 Å². The third-order valence-corrected chi connectivity index (χ3v) is 10.4. The normalized spacial score (nSPS) is 12.8. The number of hydrogen-bond donors (Lipinski definition) is 0. The van der Waals surface area contributed by atoms with E-state index < -0.39 is 0 Å². The van der Waals surface area contributed by atoms with Crippen LogP contribution in [-0.4, -0.2) is 0 Å². The number of hydrogen-bond acceptors (Lipinski definition) is 1. The quantitative estimate of drug-likeness (QED) is 0.175. The molecule has 0 bridgehead atoms. The fourth-order valence-corrected chi connectivity index (χ4v) is 7.86. The van der Waals surface area contributed by atoms with E-state index in [9.17, 15) is 0 Å². The summed E-state index contributed by atoms with van der Waals surface area (Å²) >= 11 is 0. The molecule has 50 heavy (non-hydrogen) atoms. The minimum absolute atomic E-state index is 0.0842. The van der Waals surface area contributed by atoms with Crippen LogP contribution in [0.2, 0.25) is 0 Å². The van der Waals surface area contributed by atoms with Gasteiger partial charge in [-0.05, 0) is 115 Å². The van der Waals surface area contributed by atoms with Crippen LogP contribution in [-0.2, 0) is 5.41 Å². The lowest BCUT2D eigenvalue weighted by Crippen LogP contribution is -2.15. The first-order valence-corrected chi connectivity index (χ1v) is 17.4. The Morgan fingerprint density at radius 1 is 0.320 bits per heavy atom. The molecule has 1 aliphatic carbocycles. The van der Waals surface area contributed by atoms with Gasteiger partial charge < -0.3 is 4.90 Å². The molecule has 8 aromatic carbocycles. The maximum atomic E-state index is 2.41. The second kappa shape index (κ2) is 12.1. The van der Waals surface area contributed by atoms with E-state index in [0.29, 0.717) is 0 Å². The predicted octanol–water partition coefficient (Wildman–Crippen LogP) is 13.6. The first-order chi connectivity index (χ1) is 24.5. The van der Waals surface area contributed by atoms with Gasteiger partial charge in [0.25, 0.3) is 0 Å². The molecule has 0 spiro atoms. The smallest absolute Gasteiger partial charge is 0.0468 e. The van der Waals surface area contributed by atoms with Crippen molar-refractivity contribution in [3.05, 3.63) is 199 Å². The maximum Gasteiger partial charge on any atom is 0.0468 e. The number of benzene rings is 8. The zero-order valence-corrected chi connectivity index (χ0v) is 28.3. The van der Waals surface area contributed by atoms with Crippen molar-refractivity contribution in [1.82, 2.24) is 0 Å². The largest absolute Gasteiger partial charge is 0.310 e. The average Bonchev–Trinajstić information content (AvgIpc) is 3.39. The summed E-state index contributed by atoms with van der Waals surface area (Å²) in [4.78, 5) is 2.41. The Morgan fingerprint density at radius 3 is 1.54 bits per heavy atom. The van der Waals surface area contributed by atoms with Gasteiger partial charge in [0.2, 0.25) is 0 Å². The van der Waals surface area contributed by atoms with Crippen molar-refractivity contribution < 1.29 is 0 Å². The van der Waals surface area contributed by atoms with Gasteiger partial charge in [-0.1, -0.05) is 153 Å². The molecule has 0 atom stereocenters. The Bertz CT molecular complexity index is 2490. The molecule has 238 valence electrons. The fraction of sp³-hybridized carbons (Fsp3) is 0.0612. The van der Waals surface area contributed by atoms with Crippen molar-refractivity contribution in [2.24, 2.45) is 0 Å². The number of nitrogens with zero attached hydrogens (tertiary/aromatic N) is 1. The van der Waals surface area contributed by atoms with E-state index >= 15 is 0 Å². The molecular weight excluding hydrogens is 603 g/mol. The summed E-state index contributed by atoms with van der Waals surface area (Å²) in [5.74, 6) is 0. The minimum atomic E-state index is -0.0842. The van der Waals surface area contributed by atoms with Gasteiger partial charge in [-0.25, -0.2) is 0 Å². The zero-order valence-electron chi connectivity index (χ0n) is 28.3. The molecule has 0 radical (unpaired) electrons. The summed E-state index contributed by atoms with van der Waals surface area (Å²) in [6.45, 7) is 4.72. The first kappa shape index (κ1) is 29.9. The molecule has 0 aromatic heterocycles. The highest BCUT2D eigenvalue weighted by Crippen LogP contribution is 2.52. The summed E-state index contributed by atoms with van der Waals surface area (Å²) in [6, 6.07) is 68.6. The summed E-state index contributed by atoms with van der Waals surface area (Å²) in [7, 11) is 0. The van der Waals surface area contributed by atoms with Crippen LogP contribution in [0.4, 0.5) is 17.1 Å². The van der Waals surface area contributed by atoms with Crippen molar-refractivity contribution in [3.63, 3.8) is 0 Å². The van der Waals surface area contributed by atoms with Crippen molar-refractivity contribution in [3.8, 4) is 44.5 Å². The molecule has 0 saturated carbocycles. The van der Waals surface area contributed by atoms with Crippen LogP contribution >= 0.6 is 0 Å². The molecule has 1 aliphatic rings. The van der Waals surface area contributed by atoms with Crippen molar-refractivity contribution in [2.75, 3.05) is 4.90 Å². The van der Waals surface area contributed by atoms with Crippen LogP contribution in [0.1, 0.15) is 25.0 Å². The topological polar surface area (TPSA) is 3.24 Å². The molecule has 8 aromatic rings. The van der Waals surface area contributed by atoms with Crippen LogP contribution < -0.4 is 4.90 Å². The molecule has 1 heteroatoms. The Balaban J connectivity index is 1.19. The molecule has 0 saturated heterocycles. The number of rotatable bonds is 6. The van der Waals surface area contributed by atoms with Crippen molar-refractivity contribution in [2.45, 2.75) is 19.3 Å². The third kappa shape index (κ3) is 5.11. The SMILES string of the molecule is CC1(C)c2ccc(N(c3ccc(-c4ccccc4-c4ccccc4)cc3)c3cccc(-c4ccccc4)c3)cc2-c2cc3ccccc3cc21. The highest BCUT2D eigenvalue weighted by Gasteiger charge is 2.36. The van der Waals surface area contributed by atoms with Gasteiger partial charge in [-0.2, -0.15) is 0 Å². The van der Waals surface area contributed by atoms with Gasteiger partial charge in [0.15, 0.2) is 0 Å². The van der Waals surface area contributed by atoms with E-state index in [0.717, 1.165) is 17.1 Å². The second-order valence-electron chi connectivity index (χ2n) is 13.8. The van der Waals surface area contributed by atoms with Crippen LogP contribution in [0, 0.1) is 0 Å².